The third kappa shape index (κ3) is 3.13. The van der Waals surface area contributed by atoms with Crippen molar-refractivity contribution in [3.63, 3.8) is 0 Å². The Bertz CT molecular complexity index is 1020. The first-order valence-electron chi connectivity index (χ1n) is 11.7. The monoisotopic (exact) mass is 472 g/mol. The molecule has 2 bridgehead atoms. The highest BCUT2D eigenvalue weighted by atomic mass is 16.6. The van der Waals surface area contributed by atoms with E-state index in [1.807, 2.05) is 26.0 Å². The normalized spacial score (nSPS) is 39.7. The summed E-state index contributed by atoms with van der Waals surface area (Å²) in [6, 6.07) is 0. The molecule has 184 valence electrons. The summed E-state index contributed by atoms with van der Waals surface area (Å²) in [4.78, 5) is 64.6. The molecule has 34 heavy (non-hydrogen) atoms. The van der Waals surface area contributed by atoms with Crippen LogP contribution >= 0.6 is 0 Å². The molecule has 0 saturated heterocycles. The molecular formula is C26H32O8. The van der Waals surface area contributed by atoms with E-state index < -0.39 is 75.7 Å². The summed E-state index contributed by atoms with van der Waals surface area (Å²) in [5.74, 6) is -4.42. The molecule has 4 rings (SSSR count). The molecule has 0 unspecified atom stereocenters. The Morgan fingerprint density at radius 2 is 1.68 bits per heavy atom. The van der Waals surface area contributed by atoms with Crippen molar-refractivity contribution in [2.75, 3.05) is 6.61 Å². The summed E-state index contributed by atoms with van der Waals surface area (Å²) in [5, 5.41) is 0. The minimum atomic E-state index is -1.75. The number of rotatable bonds is 4. The predicted octanol–water partition coefficient (Wildman–Crippen LogP) is 2.74. The van der Waals surface area contributed by atoms with Crippen molar-refractivity contribution in [3.8, 4) is 0 Å². The SMILES string of the molecule is C=C1C(=O)[C@@]23C(=O)[C@@H](OC(C)=O)[C@@H]4C(C)(C)CC=C[C@@]4(COC(C)=O)[C@@H]2CC[C@@H]1[C@H]3OC(C)=O. The van der Waals surface area contributed by atoms with Crippen LogP contribution in [0.3, 0.4) is 0 Å². The smallest absolute Gasteiger partial charge is 0.303 e. The second-order valence-electron chi connectivity index (χ2n) is 10.8. The Labute approximate surface area is 199 Å². The van der Waals surface area contributed by atoms with Gasteiger partial charge in [0, 0.05) is 38.0 Å². The molecule has 0 aliphatic heterocycles. The van der Waals surface area contributed by atoms with E-state index in [-0.39, 0.29) is 12.2 Å². The summed E-state index contributed by atoms with van der Waals surface area (Å²) >= 11 is 0. The van der Waals surface area contributed by atoms with E-state index in [4.69, 9.17) is 14.2 Å². The zero-order chi connectivity index (χ0) is 25.2. The van der Waals surface area contributed by atoms with Gasteiger partial charge in [0.1, 0.15) is 18.1 Å². The Kier molecular flexibility index (Phi) is 5.65. The van der Waals surface area contributed by atoms with Crippen molar-refractivity contribution >= 4 is 29.5 Å². The molecule has 0 aromatic rings. The molecule has 0 amide bonds. The number of allylic oxidation sites excluding steroid dienone is 1. The van der Waals surface area contributed by atoms with E-state index in [2.05, 4.69) is 6.58 Å². The van der Waals surface area contributed by atoms with E-state index in [0.29, 0.717) is 19.3 Å². The number of ketones is 2. The number of carbonyl (C=O) groups excluding carboxylic acids is 5. The molecule has 3 saturated carbocycles. The van der Waals surface area contributed by atoms with Crippen molar-refractivity contribution in [2.24, 2.45) is 34.0 Å². The number of ether oxygens (including phenoxy) is 3. The van der Waals surface area contributed by atoms with Gasteiger partial charge in [-0.25, -0.2) is 0 Å². The summed E-state index contributed by atoms with van der Waals surface area (Å²) in [6.45, 7) is 11.6. The van der Waals surface area contributed by atoms with Crippen molar-refractivity contribution in [1.29, 1.82) is 0 Å². The Morgan fingerprint density at radius 1 is 1.03 bits per heavy atom. The van der Waals surface area contributed by atoms with Crippen LogP contribution in [0.25, 0.3) is 0 Å². The van der Waals surface area contributed by atoms with Crippen LogP contribution in [0.4, 0.5) is 0 Å². The van der Waals surface area contributed by atoms with Crippen LogP contribution in [0.5, 0.6) is 0 Å². The molecule has 8 nitrogen and oxygen atoms in total. The molecule has 7 atom stereocenters. The second-order valence-corrected chi connectivity index (χ2v) is 10.8. The third-order valence-corrected chi connectivity index (χ3v) is 8.47. The fourth-order valence-corrected chi connectivity index (χ4v) is 7.51. The molecule has 4 aliphatic carbocycles. The first kappa shape index (κ1) is 24.4. The van der Waals surface area contributed by atoms with Crippen molar-refractivity contribution in [1.82, 2.24) is 0 Å². The van der Waals surface area contributed by atoms with Crippen LogP contribution in [-0.4, -0.2) is 48.3 Å². The largest absolute Gasteiger partial charge is 0.465 e. The van der Waals surface area contributed by atoms with Gasteiger partial charge >= 0.3 is 17.9 Å². The zero-order valence-electron chi connectivity index (χ0n) is 20.3. The minimum absolute atomic E-state index is 0.0817. The van der Waals surface area contributed by atoms with Crippen LogP contribution in [-0.2, 0) is 38.2 Å². The topological polar surface area (TPSA) is 113 Å². The average molecular weight is 473 g/mol. The molecule has 0 aromatic heterocycles. The first-order chi connectivity index (χ1) is 15.8. The molecule has 0 aromatic carbocycles. The number of carbonyl (C=O) groups is 5. The maximum Gasteiger partial charge on any atom is 0.303 e. The number of hydrogen-bond donors (Lipinski definition) is 0. The van der Waals surface area contributed by atoms with Gasteiger partial charge < -0.3 is 14.2 Å². The number of hydrogen-bond acceptors (Lipinski definition) is 8. The molecule has 1 spiro atoms. The van der Waals surface area contributed by atoms with Gasteiger partial charge in [0.2, 0.25) is 0 Å². The van der Waals surface area contributed by atoms with Crippen LogP contribution in [0.1, 0.15) is 53.9 Å². The molecule has 0 N–H and O–H groups in total. The van der Waals surface area contributed by atoms with Gasteiger partial charge in [-0.1, -0.05) is 32.6 Å². The second kappa shape index (κ2) is 7.89. The molecule has 0 heterocycles. The van der Waals surface area contributed by atoms with Gasteiger partial charge in [0.25, 0.3) is 0 Å². The van der Waals surface area contributed by atoms with Crippen LogP contribution in [0.15, 0.2) is 24.3 Å². The number of fused-ring (bicyclic) bond motifs is 3. The molecule has 0 radical (unpaired) electrons. The fourth-order valence-electron chi connectivity index (χ4n) is 7.51. The molecule has 8 heteroatoms. The molecule has 3 fully saturated rings. The van der Waals surface area contributed by atoms with E-state index in [9.17, 15) is 24.0 Å². The van der Waals surface area contributed by atoms with E-state index in [1.165, 1.54) is 20.8 Å². The lowest BCUT2D eigenvalue weighted by atomic mass is 9.40. The van der Waals surface area contributed by atoms with Crippen LogP contribution in [0.2, 0.25) is 0 Å². The van der Waals surface area contributed by atoms with Crippen LogP contribution in [0, 0.1) is 34.0 Å². The highest BCUT2D eigenvalue weighted by Crippen LogP contribution is 2.69. The van der Waals surface area contributed by atoms with Gasteiger partial charge in [0.15, 0.2) is 17.7 Å². The Morgan fingerprint density at radius 3 is 2.26 bits per heavy atom. The first-order valence-corrected chi connectivity index (χ1v) is 11.7. The average Bonchev–Trinajstić information content (AvgIpc) is 2.84. The quantitative estimate of drug-likeness (QED) is 0.202. The summed E-state index contributed by atoms with van der Waals surface area (Å²) in [6.07, 6.45) is 3.20. The highest BCUT2D eigenvalue weighted by molar-refractivity contribution is 6.20. The lowest BCUT2D eigenvalue weighted by Gasteiger charge is -2.63. The van der Waals surface area contributed by atoms with Crippen molar-refractivity contribution in [3.05, 3.63) is 24.3 Å². The van der Waals surface area contributed by atoms with Crippen molar-refractivity contribution < 1.29 is 38.2 Å². The maximum atomic E-state index is 14.4. The third-order valence-electron chi connectivity index (χ3n) is 8.47. The van der Waals surface area contributed by atoms with Gasteiger partial charge in [-0.2, -0.15) is 0 Å². The summed E-state index contributed by atoms with van der Waals surface area (Å²) in [5.41, 5.74) is -2.99. The highest BCUT2D eigenvalue weighted by Gasteiger charge is 2.79. The van der Waals surface area contributed by atoms with E-state index >= 15 is 0 Å². The molecule has 4 aliphatic rings. The van der Waals surface area contributed by atoms with Gasteiger partial charge in [0.05, 0.1) is 0 Å². The fraction of sp³-hybridized carbons (Fsp3) is 0.654. The Balaban J connectivity index is 2.02. The van der Waals surface area contributed by atoms with Gasteiger partial charge in [-0.15, -0.1) is 0 Å². The van der Waals surface area contributed by atoms with Crippen molar-refractivity contribution in [2.45, 2.75) is 66.1 Å². The lowest BCUT2D eigenvalue weighted by Crippen LogP contribution is -2.72. The predicted molar refractivity (Wildman–Crippen MR) is 119 cm³/mol. The summed E-state index contributed by atoms with van der Waals surface area (Å²) < 4.78 is 16.9. The summed E-state index contributed by atoms with van der Waals surface area (Å²) in [7, 11) is 0. The van der Waals surface area contributed by atoms with Crippen LogP contribution < -0.4 is 0 Å². The van der Waals surface area contributed by atoms with E-state index in [0.717, 1.165) is 0 Å². The minimum Gasteiger partial charge on any atom is -0.465 e. The number of esters is 3. The maximum absolute atomic E-state index is 14.4. The van der Waals surface area contributed by atoms with E-state index in [1.54, 1.807) is 0 Å². The lowest BCUT2D eigenvalue weighted by molar-refractivity contribution is -0.219. The number of Topliss-reactive ketones (excluding diaryl/α,β-unsaturated/α-hetero) is 2. The van der Waals surface area contributed by atoms with Gasteiger partial charge in [-0.05, 0) is 36.2 Å². The zero-order valence-corrected chi connectivity index (χ0v) is 20.3. The van der Waals surface area contributed by atoms with Gasteiger partial charge in [-0.3, -0.25) is 24.0 Å². The Hall–Kier alpha value is -2.77. The standard InChI is InChI=1S/C26H32O8/c1-13-17-8-9-18-25(12-32-14(2)27)11-7-10-24(5,6)20(25)19(33-15(3)28)22(31)26(18,21(13)30)23(17)34-16(4)29/h7,11,17-20,23H,1,8-10,12H2,2-6H3/t17-,18-,19-,20+,23+,25+,26+/m0/s1. The molecular weight excluding hydrogens is 440 g/mol.